The molecule has 0 aromatic heterocycles. The van der Waals surface area contributed by atoms with Gasteiger partial charge in [0.1, 0.15) is 0 Å². The molecule has 2 saturated heterocycles. The summed E-state index contributed by atoms with van der Waals surface area (Å²) in [6.45, 7) is 2.71. The van der Waals surface area contributed by atoms with E-state index in [2.05, 4.69) is 17.5 Å². The van der Waals surface area contributed by atoms with Crippen LogP contribution in [0.3, 0.4) is 0 Å². The monoisotopic (exact) mass is 185 g/mol. The molecule has 1 nitrogen and oxygen atoms in total. The molecule has 2 heterocycles. The third-order valence-corrected chi connectivity index (χ3v) is 3.93. The van der Waals surface area contributed by atoms with Gasteiger partial charge in [-0.3, -0.25) is 0 Å². The Morgan fingerprint density at radius 1 is 1.08 bits per heavy atom. The fraction of sp³-hybridized carbons (Fsp3) is 1.00. The van der Waals surface area contributed by atoms with Crippen molar-refractivity contribution in [1.29, 1.82) is 0 Å². The molecule has 0 spiro atoms. The lowest BCUT2D eigenvalue weighted by Crippen LogP contribution is -2.48. The molecule has 2 heteroatoms. The molecule has 12 heavy (non-hydrogen) atoms. The molecule has 0 aromatic rings. The van der Waals surface area contributed by atoms with Gasteiger partial charge in [0.2, 0.25) is 0 Å². The van der Waals surface area contributed by atoms with Crippen LogP contribution in [-0.4, -0.2) is 29.8 Å². The van der Waals surface area contributed by atoms with Crippen molar-refractivity contribution in [3.8, 4) is 0 Å². The van der Waals surface area contributed by atoms with Gasteiger partial charge in [-0.2, -0.15) is 12.6 Å². The van der Waals surface area contributed by atoms with E-state index in [9.17, 15) is 0 Å². The summed E-state index contributed by atoms with van der Waals surface area (Å²) in [6.07, 6.45) is 7.14. The van der Waals surface area contributed by atoms with Crippen LogP contribution in [-0.2, 0) is 0 Å². The highest BCUT2D eigenvalue weighted by Gasteiger charge is 2.31. The van der Waals surface area contributed by atoms with Crippen molar-refractivity contribution in [2.45, 2.75) is 38.1 Å². The van der Waals surface area contributed by atoms with Gasteiger partial charge in [0.15, 0.2) is 0 Å². The van der Waals surface area contributed by atoms with Gasteiger partial charge in [-0.25, -0.2) is 0 Å². The topological polar surface area (TPSA) is 3.24 Å². The van der Waals surface area contributed by atoms with E-state index in [1.54, 1.807) is 0 Å². The summed E-state index contributed by atoms with van der Waals surface area (Å²) < 4.78 is 0. The Labute approximate surface area is 80.9 Å². The normalized spacial score (nSPS) is 37.8. The average molecular weight is 185 g/mol. The third-order valence-electron chi connectivity index (χ3n) is 3.46. The minimum atomic E-state index is 0.891. The third kappa shape index (κ3) is 1.64. The summed E-state index contributed by atoms with van der Waals surface area (Å²) in [5, 5.41) is 0. The molecule has 2 aliphatic heterocycles. The van der Waals surface area contributed by atoms with Crippen LogP contribution < -0.4 is 0 Å². The molecule has 2 aliphatic rings. The molecule has 0 saturated carbocycles. The molecule has 0 aromatic carbocycles. The highest BCUT2D eigenvalue weighted by Crippen LogP contribution is 2.31. The van der Waals surface area contributed by atoms with Gasteiger partial charge in [0, 0.05) is 6.04 Å². The Morgan fingerprint density at radius 3 is 2.75 bits per heavy atom. The molecule has 0 bridgehead atoms. The first-order chi connectivity index (χ1) is 5.92. The Balaban J connectivity index is 1.99. The Bertz CT molecular complexity index is 140. The van der Waals surface area contributed by atoms with Crippen LogP contribution in [0.25, 0.3) is 0 Å². The molecular weight excluding hydrogens is 166 g/mol. The zero-order chi connectivity index (χ0) is 8.39. The van der Waals surface area contributed by atoms with E-state index in [1.165, 1.54) is 45.2 Å². The van der Waals surface area contributed by atoms with E-state index in [0.29, 0.717) is 0 Å². The SMILES string of the molecule is SC[C@@H]1CCCN2CCCC[C@H]12. The highest BCUT2D eigenvalue weighted by molar-refractivity contribution is 7.80. The molecule has 0 unspecified atom stereocenters. The van der Waals surface area contributed by atoms with Crippen LogP contribution in [0.2, 0.25) is 0 Å². The number of hydrogen-bond acceptors (Lipinski definition) is 2. The van der Waals surface area contributed by atoms with E-state index >= 15 is 0 Å². The summed E-state index contributed by atoms with van der Waals surface area (Å²) in [5.74, 6) is 1.99. The summed E-state index contributed by atoms with van der Waals surface area (Å²) in [4.78, 5) is 2.70. The molecule has 2 fully saturated rings. The summed E-state index contributed by atoms with van der Waals surface area (Å²) in [6, 6.07) is 0.894. The van der Waals surface area contributed by atoms with E-state index in [4.69, 9.17) is 0 Å². The van der Waals surface area contributed by atoms with Crippen molar-refractivity contribution in [3.63, 3.8) is 0 Å². The number of fused-ring (bicyclic) bond motifs is 1. The van der Waals surface area contributed by atoms with Crippen LogP contribution in [0.5, 0.6) is 0 Å². The van der Waals surface area contributed by atoms with E-state index in [0.717, 1.165) is 17.7 Å². The van der Waals surface area contributed by atoms with Gasteiger partial charge in [-0.05, 0) is 50.4 Å². The Morgan fingerprint density at radius 2 is 1.92 bits per heavy atom. The minimum absolute atomic E-state index is 0.891. The van der Waals surface area contributed by atoms with Crippen molar-refractivity contribution in [2.75, 3.05) is 18.8 Å². The smallest absolute Gasteiger partial charge is 0.0131 e. The molecular formula is C10H19NS. The van der Waals surface area contributed by atoms with Crippen LogP contribution >= 0.6 is 12.6 Å². The van der Waals surface area contributed by atoms with Crippen molar-refractivity contribution >= 4 is 12.6 Å². The zero-order valence-corrected chi connectivity index (χ0v) is 8.60. The highest BCUT2D eigenvalue weighted by atomic mass is 32.1. The number of hydrogen-bond donors (Lipinski definition) is 1. The number of thiol groups is 1. The van der Waals surface area contributed by atoms with Crippen molar-refractivity contribution in [3.05, 3.63) is 0 Å². The lowest BCUT2D eigenvalue weighted by Gasteiger charge is -2.44. The van der Waals surface area contributed by atoms with Crippen molar-refractivity contribution in [1.82, 2.24) is 4.90 Å². The fourth-order valence-corrected chi connectivity index (χ4v) is 3.22. The molecule has 70 valence electrons. The molecule has 2 atom stereocenters. The van der Waals surface area contributed by atoms with Crippen molar-refractivity contribution < 1.29 is 0 Å². The number of nitrogens with zero attached hydrogens (tertiary/aromatic N) is 1. The maximum absolute atomic E-state index is 4.45. The lowest BCUT2D eigenvalue weighted by molar-refractivity contribution is 0.0694. The van der Waals surface area contributed by atoms with Gasteiger partial charge < -0.3 is 4.90 Å². The van der Waals surface area contributed by atoms with Crippen molar-refractivity contribution in [2.24, 2.45) is 5.92 Å². The first-order valence-electron chi connectivity index (χ1n) is 5.26. The lowest BCUT2D eigenvalue weighted by atomic mass is 9.85. The maximum atomic E-state index is 4.45. The van der Waals surface area contributed by atoms with Crippen LogP contribution in [0.1, 0.15) is 32.1 Å². The maximum Gasteiger partial charge on any atom is 0.0131 e. The number of piperidine rings is 2. The van der Waals surface area contributed by atoms with E-state index in [-0.39, 0.29) is 0 Å². The van der Waals surface area contributed by atoms with Gasteiger partial charge >= 0.3 is 0 Å². The zero-order valence-electron chi connectivity index (χ0n) is 7.71. The Kier molecular flexibility index (Phi) is 2.97. The predicted octanol–water partition coefficient (Wildman–Crippen LogP) is 2.18. The standard InChI is InChI=1S/C10H19NS/c12-8-9-4-3-7-11-6-2-1-5-10(9)11/h9-10,12H,1-8H2/t9-,10+/m0/s1. The Hall–Kier alpha value is 0.310. The second-order valence-electron chi connectivity index (χ2n) is 4.18. The quantitative estimate of drug-likeness (QED) is 0.613. The fourth-order valence-electron chi connectivity index (χ4n) is 2.79. The minimum Gasteiger partial charge on any atom is -0.300 e. The van der Waals surface area contributed by atoms with Crippen LogP contribution in [0.15, 0.2) is 0 Å². The average Bonchev–Trinajstić information content (AvgIpc) is 2.17. The van der Waals surface area contributed by atoms with Crippen LogP contribution in [0.4, 0.5) is 0 Å². The van der Waals surface area contributed by atoms with Gasteiger partial charge in [0.05, 0.1) is 0 Å². The summed E-state index contributed by atoms with van der Waals surface area (Å²) in [5.41, 5.74) is 0. The van der Waals surface area contributed by atoms with E-state index < -0.39 is 0 Å². The molecule has 2 rings (SSSR count). The number of rotatable bonds is 1. The molecule has 0 aliphatic carbocycles. The first kappa shape index (κ1) is 8.89. The predicted molar refractivity (Wildman–Crippen MR) is 55.8 cm³/mol. The van der Waals surface area contributed by atoms with Crippen LogP contribution in [0, 0.1) is 5.92 Å². The van der Waals surface area contributed by atoms with E-state index in [1.807, 2.05) is 0 Å². The summed E-state index contributed by atoms with van der Waals surface area (Å²) >= 11 is 4.45. The van der Waals surface area contributed by atoms with Gasteiger partial charge in [-0.15, -0.1) is 0 Å². The second-order valence-corrected chi connectivity index (χ2v) is 4.55. The van der Waals surface area contributed by atoms with Gasteiger partial charge in [0.25, 0.3) is 0 Å². The second kappa shape index (κ2) is 4.01. The summed E-state index contributed by atoms with van der Waals surface area (Å²) in [7, 11) is 0. The largest absolute Gasteiger partial charge is 0.300 e. The molecule has 0 radical (unpaired) electrons. The first-order valence-corrected chi connectivity index (χ1v) is 5.90. The molecule has 0 amide bonds. The van der Waals surface area contributed by atoms with Gasteiger partial charge in [-0.1, -0.05) is 6.42 Å². The molecule has 0 N–H and O–H groups in total.